The first-order valence-corrected chi connectivity index (χ1v) is 11.3. The van der Waals surface area contributed by atoms with Crippen LogP contribution in [0.5, 0.6) is 0 Å². The van der Waals surface area contributed by atoms with Crippen molar-refractivity contribution in [1.82, 2.24) is 9.97 Å². The molecule has 0 atom stereocenters. The van der Waals surface area contributed by atoms with Gasteiger partial charge in [-0.15, -0.1) is 0 Å². The van der Waals surface area contributed by atoms with Gasteiger partial charge in [0.2, 0.25) is 0 Å². The fourth-order valence-electron chi connectivity index (χ4n) is 4.42. The molecule has 28 heavy (non-hydrogen) atoms. The summed E-state index contributed by atoms with van der Waals surface area (Å²) in [5, 5.41) is 0. The number of hydrogen-bond donors (Lipinski definition) is 0. The average molecular weight is 383 g/mol. The maximum atomic E-state index is 14.3. The van der Waals surface area contributed by atoms with E-state index in [0.717, 1.165) is 36.3 Å². The van der Waals surface area contributed by atoms with Crippen LogP contribution < -0.4 is 0 Å². The van der Waals surface area contributed by atoms with Gasteiger partial charge >= 0.3 is 0 Å². The normalized spacial score (nSPS) is 19.7. The fourth-order valence-corrected chi connectivity index (χ4v) is 4.42. The van der Waals surface area contributed by atoms with Gasteiger partial charge in [-0.2, -0.15) is 0 Å². The van der Waals surface area contributed by atoms with Crippen LogP contribution in [0.25, 0.3) is 11.4 Å². The second-order valence-corrected chi connectivity index (χ2v) is 8.46. The predicted octanol–water partition coefficient (Wildman–Crippen LogP) is 7.48. The van der Waals surface area contributed by atoms with Gasteiger partial charge in [-0.25, -0.2) is 14.4 Å². The molecule has 1 aliphatic carbocycles. The highest BCUT2D eigenvalue weighted by Gasteiger charge is 2.22. The maximum Gasteiger partial charge on any atom is 0.159 e. The Morgan fingerprint density at radius 3 is 2.29 bits per heavy atom. The molecule has 1 aliphatic rings. The zero-order chi connectivity index (χ0) is 19.8. The van der Waals surface area contributed by atoms with Crippen LogP contribution >= 0.6 is 0 Å². The third-order valence-electron chi connectivity index (χ3n) is 6.32. The minimum Gasteiger partial charge on any atom is -0.236 e. The Labute approximate surface area is 170 Å². The first-order chi connectivity index (χ1) is 13.7. The van der Waals surface area contributed by atoms with Crippen LogP contribution in [-0.2, 0) is 6.42 Å². The molecule has 3 rings (SSSR count). The molecule has 1 saturated carbocycles. The summed E-state index contributed by atoms with van der Waals surface area (Å²) in [6.07, 6.45) is 17.5. The van der Waals surface area contributed by atoms with Crippen LogP contribution in [-0.4, -0.2) is 9.97 Å². The van der Waals surface area contributed by atoms with Gasteiger partial charge in [-0.3, -0.25) is 0 Å². The Hall–Kier alpha value is -1.77. The zero-order valence-electron chi connectivity index (χ0n) is 17.6. The minimum absolute atomic E-state index is 0.139. The number of rotatable bonds is 9. The first-order valence-electron chi connectivity index (χ1n) is 11.3. The van der Waals surface area contributed by atoms with Gasteiger partial charge < -0.3 is 0 Å². The molecular formula is C25H35FN2. The zero-order valence-corrected chi connectivity index (χ0v) is 17.6. The van der Waals surface area contributed by atoms with Crippen LogP contribution in [0.3, 0.4) is 0 Å². The Bertz CT molecular complexity index is 718. The standard InChI is InChI=1S/C25H35FN2/c1-3-5-7-8-19-10-12-20(13-11-19)23-17-27-25(28-18-23)22-15-14-21(9-6-4-2)24(26)16-22/h14-20H,3-13H2,1-2H3. The molecule has 0 aliphatic heterocycles. The van der Waals surface area contributed by atoms with E-state index >= 15 is 0 Å². The summed E-state index contributed by atoms with van der Waals surface area (Å²) >= 11 is 0. The largest absolute Gasteiger partial charge is 0.236 e. The SMILES string of the molecule is CCCCCC1CCC(c2cnc(-c3ccc(CCCC)c(F)c3)nc2)CC1. The van der Waals surface area contributed by atoms with E-state index in [2.05, 4.69) is 23.8 Å². The molecule has 1 aromatic carbocycles. The van der Waals surface area contributed by atoms with Crippen molar-refractivity contribution in [3.05, 3.63) is 47.5 Å². The summed E-state index contributed by atoms with van der Waals surface area (Å²) < 4.78 is 14.3. The minimum atomic E-state index is -0.139. The lowest BCUT2D eigenvalue weighted by Crippen LogP contribution is -2.14. The fraction of sp³-hybridized carbons (Fsp3) is 0.600. The molecule has 0 spiro atoms. The van der Waals surface area contributed by atoms with Crippen LogP contribution in [0.2, 0.25) is 0 Å². The molecule has 0 radical (unpaired) electrons. The maximum absolute atomic E-state index is 14.3. The molecule has 1 aromatic heterocycles. The van der Waals surface area contributed by atoms with Crippen molar-refractivity contribution in [3.8, 4) is 11.4 Å². The summed E-state index contributed by atoms with van der Waals surface area (Å²) in [5.41, 5.74) is 2.80. The number of benzene rings is 1. The van der Waals surface area contributed by atoms with Gasteiger partial charge in [0, 0.05) is 18.0 Å². The molecule has 1 heterocycles. The van der Waals surface area contributed by atoms with Crippen LogP contribution in [0.1, 0.15) is 95.1 Å². The van der Waals surface area contributed by atoms with Gasteiger partial charge in [0.1, 0.15) is 5.82 Å². The Morgan fingerprint density at radius 1 is 0.929 bits per heavy atom. The highest BCUT2D eigenvalue weighted by Crippen LogP contribution is 2.37. The summed E-state index contributed by atoms with van der Waals surface area (Å²) in [7, 11) is 0. The molecule has 0 amide bonds. The van der Waals surface area contributed by atoms with Gasteiger partial charge in [0.25, 0.3) is 0 Å². The molecule has 0 unspecified atom stereocenters. The topological polar surface area (TPSA) is 25.8 Å². The van der Waals surface area contributed by atoms with Crippen molar-refractivity contribution in [2.75, 3.05) is 0 Å². The molecular weight excluding hydrogens is 347 g/mol. The third kappa shape index (κ3) is 5.62. The van der Waals surface area contributed by atoms with Gasteiger partial charge in [-0.1, -0.05) is 58.1 Å². The van der Waals surface area contributed by atoms with E-state index in [1.54, 1.807) is 6.07 Å². The molecule has 3 heteroatoms. The molecule has 0 saturated heterocycles. The first kappa shape index (κ1) is 21.0. The lowest BCUT2D eigenvalue weighted by molar-refractivity contribution is 0.302. The summed E-state index contributed by atoms with van der Waals surface area (Å²) in [4.78, 5) is 9.12. The summed E-state index contributed by atoms with van der Waals surface area (Å²) in [6, 6.07) is 5.42. The van der Waals surface area contributed by atoms with Crippen LogP contribution in [0.15, 0.2) is 30.6 Å². The van der Waals surface area contributed by atoms with E-state index in [0.29, 0.717) is 11.7 Å². The van der Waals surface area contributed by atoms with Crippen molar-refractivity contribution in [2.45, 2.75) is 90.4 Å². The number of aromatic nitrogens is 2. The van der Waals surface area contributed by atoms with Crippen LogP contribution in [0.4, 0.5) is 4.39 Å². The van der Waals surface area contributed by atoms with Crippen molar-refractivity contribution >= 4 is 0 Å². The summed E-state index contributed by atoms with van der Waals surface area (Å²) in [6.45, 7) is 4.40. The predicted molar refractivity (Wildman–Crippen MR) is 115 cm³/mol. The van der Waals surface area contributed by atoms with E-state index in [1.807, 2.05) is 24.5 Å². The number of unbranched alkanes of at least 4 members (excludes halogenated alkanes) is 3. The van der Waals surface area contributed by atoms with E-state index in [4.69, 9.17) is 0 Å². The van der Waals surface area contributed by atoms with Gasteiger partial charge in [0.05, 0.1) is 0 Å². The number of halogens is 1. The molecule has 2 aromatic rings. The molecule has 0 bridgehead atoms. The Morgan fingerprint density at radius 2 is 1.64 bits per heavy atom. The van der Waals surface area contributed by atoms with E-state index in [9.17, 15) is 4.39 Å². The van der Waals surface area contributed by atoms with E-state index in [1.165, 1.54) is 56.9 Å². The number of nitrogens with zero attached hydrogens (tertiary/aromatic N) is 2. The monoisotopic (exact) mass is 382 g/mol. The molecule has 152 valence electrons. The third-order valence-corrected chi connectivity index (χ3v) is 6.32. The van der Waals surface area contributed by atoms with Gasteiger partial charge in [-0.05, 0) is 67.6 Å². The highest BCUT2D eigenvalue weighted by molar-refractivity contribution is 5.55. The Balaban J connectivity index is 1.57. The quantitative estimate of drug-likeness (QED) is 0.420. The summed E-state index contributed by atoms with van der Waals surface area (Å²) in [5.74, 6) is 1.99. The average Bonchev–Trinajstić information content (AvgIpc) is 2.74. The number of aryl methyl sites for hydroxylation is 1. The molecule has 1 fully saturated rings. The highest BCUT2D eigenvalue weighted by atomic mass is 19.1. The second kappa shape index (κ2) is 10.7. The van der Waals surface area contributed by atoms with Crippen molar-refractivity contribution in [3.63, 3.8) is 0 Å². The molecule has 0 N–H and O–H groups in total. The Kier molecular flexibility index (Phi) is 8.00. The van der Waals surface area contributed by atoms with E-state index in [-0.39, 0.29) is 5.82 Å². The lowest BCUT2D eigenvalue weighted by atomic mass is 9.77. The van der Waals surface area contributed by atoms with Crippen molar-refractivity contribution in [2.24, 2.45) is 5.92 Å². The lowest BCUT2D eigenvalue weighted by Gasteiger charge is -2.28. The number of hydrogen-bond acceptors (Lipinski definition) is 2. The van der Waals surface area contributed by atoms with Gasteiger partial charge in [0.15, 0.2) is 5.82 Å². The smallest absolute Gasteiger partial charge is 0.159 e. The molecule has 2 nitrogen and oxygen atoms in total. The van der Waals surface area contributed by atoms with E-state index < -0.39 is 0 Å². The second-order valence-electron chi connectivity index (χ2n) is 8.46. The van der Waals surface area contributed by atoms with Crippen molar-refractivity contribution in [1.29, 1.82) is 0 Å². The van der Waals surface area contributed by atoms with Crippen LogP contribution in [0, 0.1) is 11.7 Å². The van der Waals surface area contributed by atoms with Crippen molar-refractivity contribution < 1.29 is 4.39 Å².